The number of aliphatic hydroxyl groups excluding tert-OH is 3. The molecule has 54 valence electrons. The molecule has 0 saturated heterocycles. The van der Waals surface area contributed by atoms with Crippen LogP contribution < -0.4 is 0 Å². The summed E-state index contributed by atoms with van der Waals surface area (Å²) in [5.41, 5.74) is -0.0449. The minimum absolute atomic E-state index is 0.0449. The van der Waals surface area contributed by atoms with E-state index in [0.717, 1.165) is 0 Å². The zero-order valence-corrected chi connectivity index (χ0v) is 5.20. The molecule has 0 fully saturated rings. The van der Waals surface area contributed by atoms with E-state index in [0.29, 0.717) is 0 Å². The molecule has 0 radical (unpaired) electrons. The van der Waals surface area contributed by atoms with Crippen molar-refractivity contribution in [2.45, 2.75) is 19.1 Å². The molecule has 0 amide bonds. The molecule has 0 aliphatic carbocycles. The van der Waals surface area contributed by atoms with Crippen molar-refractivity contribution in [1.82, 2.24) is 0 Å². The molecule has 0 bridgehead atoms. The Labute approximate surface area is 53.3 Å². The maximum absolute atomic E-state index is 8.76. The largest absolute Gasteiger partial charge is 0.394 e. The van der Waals surface area contributed by atoms with Gasteiger partial charge in [0.2, 0.25) is 0 Å². The lowest BCUT2D eigenvalue weighted by Crippen LogP contribution is -2.34. The fourth-order valence-electron chi connectivity index (χ4n) is 0.388. The number of hydrogen-bond donors (Lipinski definition) is 4. The van der Waals surface area contributed by atoms with Crippen molar-refractivity contribution in [1.29, 1.82) is 5.41 Å². The molecule has 4 N–H and O–H groups in total. The summed E-state index contributed by atoms with van der Waals surface area (Å²) in [6, 6.07) is 0. The predicted octanol–water partition coefficient (Wildman–Crippen LogP) is -1.26. The summed E-state index contributed by atoms with van der Waals surface area (Å²) >= 11 is 0. The first kappa shape index (κ1) is 8.55. The van der Waals surface area contributed by atoms with Crippen LogP contribution in [0, 0.1) is 5.41 Å². The van der Waals surface area contributed by atoms with E-state index in [9.17, 15) is 0 Å². The van der Waals surface area contributed by atoms with E-state index in [1.807, 2.05) is 0 Å². The van der Waals surface area contributed by atoms with Crippen molar-refractivity contribution in [3.8, 4) is 0 Å². The van der Waals surface area contributed by atoms with Crippen LogP contribution in [0.25, 0.3) is 0 Å². The summed E-state index contributed by atoms with van der Waals surface area (Å²) in [7, 11) is 0. The van der Waals surface area contributed by atoms with Gasteiger partial charge in [0.25, 0.3) is 0 Å². The fourth-order valence-corrected chi connectivity index (χ4v) is 0.388. The van der Waals surface area contributed by atoms with Gasteiger partial charge in [-0.3, -0.25) is 0 Å². The molecule has 0 saturated carbocycles. The quantitative estimate of drug-likeness (QED) is 0.362. The van der Waals surface area contributed by atoms with Gasteiger partial charge in [-0.05, 0) is 6.92 Å². The first-order valence-electron chi connectivity index (χ1n) is 2.61. The molecule has 2 unspecified atom stereocenters. The highest BCUT2D eigenvalue weighted by molar-refractivity contribution is 5.83. The van der Waals surface area contributed by atoms with Crippen LogP contribution in [0.2, 0.25) is 0 Å². The van der Waals surface area contributed by atoms with Gasteiger partial charge in [-0.15, -0.1) is 0 Å². The first-order valence-corrected chi connectivity index (χ1v) is 2.61. The molecule has 0 aliphatic heterocycles. The minimum Gasteiger partial charge on any atom is -0.394 e. The van der Waals surface area contributed by atoms with Gasteiger partial charge in [-0.2, -0.15) is 0 Å². The molecule has 9 heavy (non-hydrogen) atoms. The second-order valence-corrected chi connectivity index (χ2v) is 1.88. The zero-order valence-electron chi connectivity index (χ0n) is 5.20. The number of hydrogen-bond acceptors (Lipinski definition) is 4. The van der Waals surface area contributed by atoms with Gasteiger partial charge in [0.05, 0.1) is 6.61 Å². The van der Waals surface area contributed by atoms with Crippen molar-refractivity contribution in [2.75, 3.05) is 6.61 Å². The zero-order chi connectivity index (χ0) is 7.44. The average molecular weight is 133 g/mol. The van der Waals surface area contributed by atoms with Crippen molar-refractivity contribution in [3.63, 3.8) is 0 Å². The molecular weight excluding hydrogens is 122 g/mol. The van der Waals surface area contributed by atoms with Crippen molar-refractivity contribution in [3.05, 3.63) is 0 Å². The van der Waals surface area contributed by atoms with Crippen LogP contribution in [0.15, 0.2) is 0 Å². The third-order valence-corrected chi connectivity index (χ3v) is 0.995. The van der Waals surface area contributed by atoms with Crippen molar-refractivity contribution < 1.29 is 15.3 Å². The number of rotatable bonds is 3. The second kappa shape index (κ2) is 3.55. The van der Waals surface area contributed by atoms with Crippen LogP contribution in [0.4, 0.5) is 0 Å². The van der Waals surface area contributed by atoms with E-state index in [1.165, 1.54) is 6.92 Å². The molecule has 0 spiro atoms. The van der Waals surface area contributed by atoms with Crippen LogP contribution in [-0.2, 0) is 0 Å². The van der Waals surface area contributed by atoms with Crippen molar-refractivity contribution >= 4 is 5.71 Å². The number of aliphatic hydroxyl groups is 3. The van der Waals surface area contributed by atoms with E-state index in [1.54, 1.807) is 0 Å². The lowest BCUT2D eigenvalue weighted by Gasteiger charge is -2.12. The second-order valence-electron chi connectivity index (χ2n) is 1.88. The molecular formula is C5H11NO3. The molecule has 0 aromatic heterocycles. The average Bonchev–Trinajstić information content (AvgIpc) is 1.84. The van der Waals surface area contributed by atoms with Crippen molar-refractivity contribution in [2.24, 2.45) is 0 Å². The third kappa shape index (κ3) is 2.55. The Morgan fingerprint density at radius 3 is 2.11 bits per heavy atom. The molecule has 0 rings (SSSR count). The van der Waals surface area contributed by atoms with Gasteiger partial charge in [0, 0.05) is 5.71 Å². The minimum atomic E-state index is -1.23. The molecule has 0 aromatic rings. The Morgan fingerprint density at radius 1 is 1.56 bits per heavy atom. The summed E-state index contributed by atoms with van der Waals surface area (Å²) in [5, 5.41) is 32.5. The molecule has 0 heterocycles. The maximum atomic E-state index is 8.76. The van der Waals surface area contributed by atoms with Crippen LogP contribution in [-0.4, -0.2) is 39.8 Å². The van der Waals surface area contributed by atoms with Crippen LogP contribution in [0.5, 0.6) is 0 Å². The lowest BCUT2D eigenvalue weighted by molar-refractivity contribution is 0.0178. The normalized spacial score (nSPS) is 16.9. The molecule has 0 aliphatic rings. The van der Waals surface area contributed by atoms with E-state index in [4.69, 9.17) is 20.7 Å². The summed E-state index contributed by atoms with van der Waals surface area (Å²) < 4.78 is 0. The molecule has 4 heteroatoms. The Balaban J connectivity index is 3.72. The van der Waals surface area contributed by atoms with Crippen LogP contribution >= 0.6 is 0 Å². The van der Waals surface area contributed by atoms with Gasteiger partial charge in [0.1, 0.15) is 12.2 Å². The summed E-state index contributed by atoms with van der Waals surface area (Å²) in [5.74, 6) is 0. The molecule has 4 nitrogen and oxygen atoms in total. The van der Waals surface area contributed by atoms with Gasteiger partial charge in [-0.25, -0.2) is 0 Å². The predicted molar refractivity (Wildman–Crippen MR) is 32.5 cm³/mol. The Hall–Kier alpha value is -0.450. The highest BCUT2D eigenvalue weighted by atomic mass is 16.4. The molecule has 0 aromatic carbocycles. The van der Waals surface area contributed by atoms with E-state index in [2.05, 4.69) is 0 Å². The number of nitrogens with one attached hydrogen (secondary N) is 1. The summed E-state index contributed by atoms with van der Waals surface area (Å²) in [6.45, 7) is 0.848. The summed E-state index contributed by atoms with van der Waals surface area (Å²) in [6.07, 6.45) is -2.45. The van der Waals surface area contributed by atoms with Gasteiger partial charge in [0.15, 0.2) is 0 Å². The van der Waals surface area contributed by atoms with Gasteiger partial charge >= 0.3 is 0 Å². The van der Waals surface area contributed by atoms with E-state index >= 15 is 0 Å². The van der Waals surface area contributed by atoms with Crippen LogP contribution in [0.1, 0.15) is 6.92 Å². The highest BCUT2D eigenvalue weighted by Crippen LogP contribution is 1.92. The fraction of sp³-hybridized carbons (Fsp3) is 0.800. The van der Waals surface area contributed by atoms with E-state index in [-0.39, 0.29) is 5.71 Å². The Kier molecular flexibility index (Phi) is 3.37. The third-order valence-electron chi connectivity index (χ3n) is 0.995. The van der Waals surface area contributed by atoms with E-state index < -0.39 is 18.8 Å². The topological polar surface area (TPSA) is 84.5 Å². The Bertz CT molecular complexity index is 104. The van der Waals surface area contributed by atoms with Crippen LogP contribution in [0.3, 0.4) is 0 Å². The highest BCUT2D eigenvalue weighted by Gasteiger charge is 2.15. The maximum Gasteiger partial charge on any atom is 0.119 e. The Morgan fingerprint density at radius 2 is 2.00 bits per heavy atom. The molecule has 2 atom stereocenters. The standard InChI is InChI=1S/C5H11NO3/c1-3(6)5(9)4(8)2-7/h4-9H,2H2,1H3. The first-order chi connectivity index (χ1) is 4.09. The SMILES string of the molecule is CC(=N)C(O)C(O)CO. The summed E-state index contributed by atoms with van der Waals surface area (Å²) in [4.78, 5) is 0. The van der Waals surface area contributed by atoms with Gasteiger partial charge < -0.3 is 20.7 Å². The monoisotopic (exact) mass is 133 g/mol. The smallest absolute Gasteiger partial charge is 0.119 e. The van der Waals surface area contributed by atoms with Gasteiger partial charge in [-0.1, -0.05) is 0 Å². The lowest BCUT2D eigenvalue weighted by atomic mass is 10.1.